The zero-order chi connectivity index (χ0) is 43.9. The number of rotatable bonds is 21. The van der Waals surface area contributed by atoms with E-state index in [1.807, 2.05) is 4.98 Å². The number of carbonyl (C=O) groups is 3. The number of imidazole rings is 1. The van der Waals surface area contributed by atoms with Crippen LogP contribution in [0.5, 0.6) is 0 Å². The van der Waals surface area contributed by atoms with Gasteiger partial charge in [-0.1, -0.05) is 25.6 Å². The van der Waals surface area contributed by atoms with Crippen LogP contribution in [0.1, 0.15) is 32.2 Å². The molecule has 1 fully saturated rings. The number of H-pyrrole nitrogens is 2. The second kappa shape index (κ2) is 19.7. The summed E-state index contributed by atoms with van der Waals surface area (Å²) >= 11 is 0.842. The molecule has 3 aromatic rings. The van der Waals surface area contributed by atoms with Crippen LogP contribution in [0.3, 0.4) is 0 Å². The molecule has 0 aliphatic carbocycles. The van der Waals surface area contributed by atoms with Crippen molar-refractivity contribution in [2.45, 2.75) is 57.3 Å². The van der Waals surface area contributed by atoms with E-state index in [-0.39, 0.29) is 59.5 Å². The Hall–Kier alpha value is -3.76. The molecule has 12 N–H and O–H groups in total. The molecular weight excluding hydrogens is 879 g/mol. The molecule has 328 valence electrons. The lowest BCUT2D eigenvalue weighted by Crippen LogP contribution is -2.46. The van der Waals surface area contributed by atoms with Gasteiger partial charge >= 0.3 is 29.2 Å². The van der Waals surface area contributed by atoms with Crippen molar-refractivity contribution in [2.75, 3.05) is 37.8 Å². The van der Waals surface area contributed by atoms with Gasteiger partial charge in [0.25, 0.3) is 5.56 Å². The number of ether oxygens (including phenoxy) is 1. The number of aromatic nitrogens is 6. The molecule has 59 heavy (non-hydrogen) atoms. The van der Waals surface area contributed by atoms with Gasteiger partial charge < -0.3 is 55.9 Å². The second-order valence-electron chi connectivity index (χ2n) is 13.1. The molecule has 28 nitrogen and oxygen atoms in total. The zero-order valence-corrected chi connectivity index (χ0v) is 34.2. The highest BCUT2D eigenvalue weighted by Gasteiger charge is 2.50. The summed E-state index contributed by atoms with van der Waals surface area (Å²) in [7, 11) is -16.5. The summed E-state index contributed by atoms with van der Waals surface area (Å²) < 4.78 is 62.0. The summed E-state index contributed by atoms with van der Waals surface area (Å²) in [5.41, 5.74) is 2.89. The largest absolute Gasteiger partial charge is 0.481 e. The first-order valence-electron chi connectivity index (χ1n) is 16.7. The van der Waals surface area contributed by atoms with Crippen LogP contribution in [-0.4, -0.2) is 133 Å². The number of phosphoric acid groups is 3. The molecule has 1 aliphatic rings. The van der Waals surface area contributed by atoms with Gasteiger partial charge in [-0.15, -0.1) is 0 Å². The first-order chi connectivity index (χ1) is 27.4. The highest BCUT2D eigenvalue weighted by molar-refractivity contribution is 8.13. The average molecular weight is 920 g/mol. The quantitative estimate of drug-likeness (QED) is 0.0382. The Morgan fingerprint density at radius 2 is 1.75 bits per heavy atom. The number of thioether (sulfide) groups is 1. The highest BCUT2D eigenvalue weighted by atomic mass is 32.2. The Labute approximate surface area is 335 Å². The number of hydrogen-bond donors (Lipinski definition) is 11. The standard InChI is InChI=1S/C27H40N9O19P3S/c1-27(2,21(41)24(42)30-4-3-15(37)29-5-6-59-17(39)8-13-7-16(38)35-26(43)34-13)10-52-58(49,50)55-57(47,48)51-9-14-20(54-56(44,45)46)19(40)25(53-14)36-12-33-18-22(28)31-11-32-23(18)36/h7,11-12,14,19-21,25,40-41H,3-6,8-10H2,1-2H3,(H,29,37)(H,30,42)(H,47,48)(H,49,50)(H2,28,31,32)(H2,44,45,46)(H2,34,35,38,43). The summed E-state index contributed by atoms with van der Waals surface area (Å²) in [6.07, 6.45) is -7.37. The summed E-state index contributed by atoms with van der Waals surface area (Å²) in [5, 5.41) is 25.9. The molecule has 0 bridgehead atoms. The first kappa shape index (κ1) is 47.9. The number of aliphatic hydroxyl groups excluding tert-OH is 2. The Morgan fingerprint density at radius 1 is 1.05 bits per heavy atom. The molecule has 3 aromatic heterocycles. The van der Waals surface area contributed by atoms with E-state index in [0.717, 1.165) is 35.0 Å². The van der Waals surface area contributed by atoms with Gasteiger partial charge in [0.2, 0.25) is 11.8 Å². The van der Waals surface area contributed by atoms with E-state index in [1.54, 1.807) is 0 Å². The molecule has 7 atom stereocenters. The van der Waals surface area contributed by atoms with Crippen molar-refractivity contribution < 1.29 is 80.5 Å². The average Bonchev–Trinajstić information content (AvgIpc) is 3.67. The normalized spacial score (nSPS) is 21.1. The van der Waals surface area contributed by atoms with E-state index in [2.05, 4.69) is 39.4 Å². The van der Waals surface area contributed by atoms with Crippen molar-refractivity contribution in [1.29, 1.82) is 0 Å². The molecule has 1 aliphatic heterocycles. The molecule has 4 rings (SSSR count). The Morgan fingerprint density at radius 3 is 2.42 bits per heavy atom. The van der Waals surface area contributed by atoms with Crippen molar-refractivity contribution in [3.05, 3.63) is 45.3 Å². The van der Waals surface area contributed by atoms with Crippen LogP contribution in [0.4, 0.5) is 5.82 Å². The number of nitrogens with two attached hydrogens (primary N) is 1. The number of aliphatic hydroxyl groups is 2. The van der Waals surface area contributed by atoms with Gasteiger partial charge in [-0.3, -0.25) is 42.3 Å². The van der Waals surface area contributed by atoms with Crippen LogP contribution in [0.2, 0.25) is 0 Å². The van der Waals surface area contributed by atoms with Gasteiger partial charge in [0.1, 0.15) is 36.3 Å². The predicted octanol–water partition coefficient (Wildman–Crippen LogP) is -2.72. The molecule has 0 saturated carbocycles. The van der Waals surface area contributed by atoms with Gasteiger partial charge in [0.05, 0.1) is 26.0 Å². The van der Waals surface area contributed by atoms with Crippen molar-refractivity contribution in [1.82, 2.24) is 40.1 Å². The van der Waals surface area contributed by atoms with E-state index in [4.69, 9.17) is 19.5 Å². The molecule has 7 unspecified atom stereocenters. The van der Waals surface area contributed by atoms with Crippen LogP contribution in [0.25, 0.3) is 11.2 Å². The summed E-state index contributed by atoms with van der Waals surface area (Å²) in [5.74, 6) is -1.46. The predicted molar refractivity (Wildman–Crippen MR) is 198 cm³/mol. The van der Waals surface area contributed by atoms with Crippen molar-refractivity contribution in [3.63, 3.8) is 0 Å². The van der Waals surface area contributed by atoms with E-state index >= 15 is 0 Å². The van der Waals surface area contributed by atoms with Crippen LogP contribution in [0, 0.1) is 5.41 Å². The fourth-order valence-corrected chi connectivity index (χ4v) is 8.63. The van der Waals surface area contributed by atoms with Crippen LogP contribution >= 0.6 is 35.2 Å². The van der Waals surface area contributed by atoms with Gasteiger partial charge in [-0.2, -0.15) is 4.31 Å². The molecule has 2 amide bonds. The molecule has 0 radical (unpaired) electrons. The number of aromatic amines is 2. The van der Waals surface area contributed by atoms with Crippen molar-refractivity contribution in [2.24, 2.45) is 5.41 Å². The highest BCUT2D eigenvalue weighted by Crippen LogP contribution is 2.61. The van der Waals surface area contributed by atoms with Gasteiger partial charge in [0.15, 0.2) is 22.8 Å². The number of anilines is 1. The lowest BCUT2D eigenvalue weighted by atomic mass is 9.87. The number of carbonyl (C=O) groups excluding carboxylic acids is 3. The van der Waals surface area contributed by atoms with E-state index in [1.165, 1.54) is 13.8 Å². The number of phosphoric ester groups is 3. The third kappa shape index (κ3) is 14.2. The van der Waals surface area contributed by atoms with Gasteiger partial charge in [-0.05, 0) is 0 Å². The maximum Gasteiger partial charge on any atom is 0.481 e. The third-order valence-corrected chi connectivity index (χ3v) is 11.9. The monoisotopic (exact) mass is 919 g/mol. The smallest absolute Gasteiger partial charge is 0.386 e. The number of nitrogens with one attached hydrogen (secondary N) is 4. The summed E-state index contributed by atoms with van der Waals surface area (Å²) in [4.78, 5) is 115. The Balaban J connectivity index is 1.21. The van der Waals surface area contributed by atoms with Crippen molar-refractivity contribution in [3.8, 4) is 0 Å². The molecule has 4 heterocycles. The molecular formula is C27H40N9O19P3S. The fourth-order valence-electron chi connectivity index (χ4n) is 5.12. The second-order valence-corrected chi connectivity index (χ2v) is 18.5. The Bertz CT molecular complexity index is 2240. The van der Waals surface area contributed by atoms with Crippen LogP contribution < -0.4 is 27.6 Å². The minimum atomic E-state index is -5.60. The van der Waals surface area contributed by atoms with Gasteiger partial charge in [-0.25, -0.2) is 33.4 Å². The lowest BCUT2D eigenvalue weighted by molar-refractivity contribution is -0.137. The first-order valence-corrected chi connectivity index (χ1v) is 22.2. The Kier molecular flexibility index (Phi) is 16.0. The lowest BCUT2D eigenvalue weighted by Gasteiger charge is -2.30. The van der Waals surface area contributed by atoms with E-state index in [0.29, 0.717) is 0 Å². The SMILES string of the molecule is CC(C)(COP(=O)(O)OP(=O)(O)OCC1OC(n2cnc3c(N)ncnc32)C(O)C1OP(=O)(O)O)C(O)C(=O)NCCC(=O)NCCSC(=O)Cc1cc(=O)[nH]c(=O)[nH]1. The number of fused-ring (bicyclic) bond motifs is 1. The van der Waals surface area contributed by atoms with Crippen LogP contribution in [0.15, 0.2) is 28.3 Å². The van der Waals surface area contributed by atoms with Crippen LogP contribution in [-0.2, 0) is 57.1 Å². The number of nitrogen functional groups attached to an aromatic ring is 1. The zero-order valence-electron chi connectivity index (χ0n) is 30.7. The minimum Gasteiger partial charge on any atom is -0.386 e. The molecule has 1 saturated heterocycles. The maximum atomic E-state index is 12.7. The van der Waals surface area contributed by atoms with E-state index in [9.17, 15) is 67.5 Å². The summed E-state index contributed by atoms with van der Waals surface area (Å²) in [6, 6.07) is 1.07. The van der Waals surface area contributed by atoms with E-state index < -0.39 is 95.8 Å². The van der Waals surface area contributed by atoms with Gasteiger partial charge in [0, 0.05) is 42.4 Å². The maximum absolute atomic E-state index is 12.7. The molecule has 0 aromatic carbocycles. The number of nitrogens with zero attached hydrogens (tertiary/aromatic N) is 4. The molecule has 32 heteroatoms. The topological polar surface area (TPSA) is 429 Å². The fraction of sp³-hybridized carbons (Fsp3) is 0.556. The third-order valence-electron chi connectivity index (χ3n) is 7.92. The molecule has 0 spiro atoms. The minimum absolute atomic E-state index is 0.0165. The summed E-state index contributed by atoms with van der Waals surface area (Å²) in [6.45, 7) is 0.146. The number of amides is 2. The van der Waals surface area contributed by atoms with Crippen molar-refractivity contribution >= 4 is 69.1 Å². The number of hydrogen-bond acceptors (Lipinski definition) is 20.